The normalized spacial score (nSPS) is 18.1. The molecule has 0 radical (unpaired) electrons. The molecule has 3 amide bonds. The summed E-state index contributed by atoms with van der Waals surface area (Å²) < 4.78 is 6.26. The molecule has 1 aromatic heterocycles. The maximum absolute atomic E-state index is 12.8. The third-order valence-electron chi connectivity index (χ3n) is 7.69. The van der Waals surface area contributed by atoms with E-state index in [1.54, 1.807) is 16.1 Å². The molecule has 0 aliphatic carbocycles. The minimum atomic E-state index is -1.80. The van der Waals surface area contributed by atoms with Gasteiger partial charge < -0.3 is 14.6 Å². The van der Waals surface area contributed by atoms with Crippen LogP contribution < -0.4 is 5.32 Å². The first-order valence-electron chi connectivity index (χ1n) is 13.1. The average molecular weight is 522 g/mol. The molecule has 0 spiro atoms. The van der Waals surface area contributed by atoms with Crippen LogP contribution in [0.5, 0.6) is 0 Å². The number of carbonyl (C=O) groups is 2. The van der Waals surface area contributed by atoms with Crippen LogP contribution in [0.3, 0.4) is 0 Å². The minimum Gasteiger partial charge on any atom is -0.417 e. The second kappa shape index (κ2) is 10.7. The predicted octanol–water partition coefficient (Wildman–Crippen LogP) is 5.61. The van der Waals surface area contributed by atoms with Gasteiger partial charge >= 0.3 is 6.03 Å². The lowest BCUT2D eigenvalue weighted by Gasteiger charge is -2.36. The number of nitrogens with one attached hydrogen (secondary N) is 1. The first-order chi connectivity index (χ1) is 17.4. The van der Waals surface area contributed by atoms with Gasteiger partial charge in [0.05, 0.1) is 5.71 Å². The fraction of sp³-hybridized carbons (Fsp3) is 0.500. The zero-order valence-electron chi connectivity index (χ0n) is 22.9. The number of carbonyl (C=O) groups excluding carboxylic acids is 2. The van der Waals surface area contributed by atoms with Gasteiger partial charge in [0.1, 0.15) is 0 Å². The molecular formula is C28H39N5O3Si. The van der Waals surface area contributed by atoms with Gasteiger partial charge in [0, 0.05) is 56.7 Å². The molecule has 1 unspecified atom stereocenters. The van der Waals surface area contributed by atoms with Crippen LogP contribution in [0.4, 0.5) is 10.5 Å². The highest BCUT2D eigenvalue weighted by molar-refractivity contribution is 6.74. The summed E-state index contributed by atoms with van der Waals surface area (Å²) in [6.07, 6.45) is 4.76. The van der Waals surface area contributed by atoms with Gasteiger partial charge in [0.2, 0.25) is 5.91 Å². The van der Waals surface area contributed by atoms with E-state index in [1.165, 1.54) is 0 Å². The first-order valence-corrected chi connectivity index (χ1v) is 16.0. The van der Waals surface area contributed by atoms with E-state index in [1.807, 2.05) is 43.5 Å². The Morgan fingerprint density at radius 2 is 1.84 bits per heavy atom. The molecule has 0 fully saturated rings. The van der Waals surface area contributed by atoms with Crippen LogP contribution in [-0.4, -0.2) is 54.0 Å². The number of benzene rings is 1. The van der Waals surface area contributed by atoms with Crippen LogP contribution in [0, 0.1) is 5.92 Å². The largest absolute Gasteiger partial charge is 0.417 e. The third-order valence-corrected chi connectivity index (χ3v) is 12.2. The molecule has 8 nitrogen and oxygen atoms in total. The number of fused-ring (bicyclic) bond motifs is 1. The van der Waals surface area contributed by atoms with E-state index in [4.69, 9.17) is 9.53 Å². The average Bonchev–Trinajstić information content (AvgIpc) is 3.27. The van der Waals surface area contributed by atoms with Crippen LogP contribution in [0.2, 0.25) is 18.1 Å². The lowest BCUT2D eigenvalue weighted by molar-refractivity contribution is -0.132. The van der Waals surface area contributed by atoms with Crippen molar-refractivity contribution in [1.29, 1.82) is 0 Å². The smallest absolute Gasteiger partial charge is 0.322 e. The van der Waals surface area contributed by atoms with Crippen molar-refractivity contribution >= 4 is 31.7 Å². The molecule has 2 aliphatic rings. The quantitative estimate of drug-likeness (QED) is 0.379. The summed E-state index contributed by atoms with van der Waals surface area (Å²) in [5.74, 6) is 0.0821. The number of anilines is 1. The van der Waals surface area contributed by atoms with Crippen molar-refractivity contribution in [3.05, 3.63) is 59.4 Å². The molecule has 2 aliphatic heterocycles. The van der Waals surface area contributed by atoms with Gasteiger partial charge in [-0.05, 0) is 59.4 Å². The van der Waals surface area contributed by atoms with Gasteiger partial charge in [-0.2, -0.15) is 5.10 Å². The van der Waals surface area contributed by atoms with Crippen molar-refractivity contribution in [3.63, 3.8) is 0 Å². The van der Waals surface area contributed by atoms with Crippen molar-refractivity contribution in [2.75, 3.05) is 18.5 Å². The Balaban J connectivity index is 1.35. The highest BCUT2D eigenvalue weighted by atomic mass is 28.4. The minimum absolute atomic E-state index is 0.0318. The molecule has 0 saturated heterocycles. The van der Waals surface area contributed by atoms with Crippen LogP contribution >= 0.6 is 0 Å². The van der Waals surface area contributed by atoms with Crippen LogP contribution in [0.25, 0.3) is 0 Å². The number of rotatable bonds is 7. The van der Waals surface area contributed by atoms with Crippen LogP contribution in [0.15, 0.2) is 47.8 Å². The van der Waals surface area contributed by atoms with Crippen molar-refractivity contribution in [2.45, 2.75) is 71.8 Å². The number of aromatic nitrogens is 1. The number of pyridine rings is 1. The SMILES string of the molecule is CC1CC(=O)N(CCCO[Si](C)(C)C(C)(C)C)N=C1c1ccc(NC(=O)N2Cc3ccncc3C2)cc1. The van der Waals surface area contributed by atoms with Gasteiger partial charge in [0.15, 0.2) is 8.32 Å². The van der Waals surface area contributed by atoms with Crippen LogP contribution in [-0.2, 0) is 22.3 Å². The number of hydrogen-bond donors (Lipinski definition) is 1. The summed E-state index contributed by atoms with van der Waals surface area (Å²) in [4.78, 5) is 31.3. The highest BCUT2D eigenvalue weighted by Gasteiger charge is 2.37. The van der Waals surface area contributed by atoms with E-state index in [0.29, 0.717) is 32.7 Å². The van der Waals surface area contributed by atoms with Crippen molar-refractivity contribution in [1.82, 2.24) is 14.9 Å². The van der Waals surface area contributed by atoms with E-state index >= 15 is 0 Å². The number of hydrogen-bond acceptors (Lipinski definition) is 5. The molecule has 2 aromatic rings. The van der Waals surface area contributed by atoms with Gasteiger partial charge in [-0.1, -0.05) is 39.8 Å². The Bertz CT molecular complexity index is 1150. The van der Waals surface area contributed by atoms with Crippen molar-refractivity contribution < 1.29 is 14.0 Å². The summed E-state index contributed by atoms with van der Waals surface area (Å²) in [7, 11) is -1.80. The van der Waals surface area contributed by atoms with E-state index in [-0.39, 0.29) is 22.9 Å². The zero-order valence-corrected chi connectivity index (χ0v) is 23.9. The van der Waals surface area contributed by atoms with Crippen LogP contribution in [0.1, 0.15) is 57.2 Å². The first kappa shape index (κ1) is 27.0. The fourth-order valence-electron chi connectivity index (χ4n) is 4.31. The molecule has 37 heavy (non-hydrogen) atoms. The van der Waals surface area contributed by atoms with E-state index in [2.05, 4.69) is 44.2 Å². The molecule has 3 heterocycles. The van der Waals surface area contributed by atoms with E-state index in [0.717, 1.165) is 34.5 Å². The lowest BCUT2D eigenvalue weighted by atomic mass is 9.93. The Morgan fingerprint density at radius 3 is 2.51 bits per heavy atom. The molecule has 198 valence electrons. The Kier molecular flexibility index (Phi) is 7.85. The maximum atomic E-state index is 12.8. The van der Waals surface area contributed by atoms with Gasteiger partial charge in [-0.25, -0.2) is 9.80 Å². The second-order valence-corrected chi connectivity index (χ2v) is 16.4. The summed E-state index contributed by atoms with van der Waals surface area (Å²) in [5, 5.41) is 9.47. The molecule has 0 saturated carbocycles. The molecule has 1 aromatic carbocycles. The highest BCUT2D eigenvalue weighted by Crippen LogP contribution is 2.36. The molecule has 9 heteroatoms. The lowest BCUT2D eigenvalue weighted by Crippen LogP contribution is -2.41. The molecule has 1 N–H and O–H groups in total. The number of urea groups is 1. The van der Waals surface area contributed by atoms with E-state index in [9.17, 15) is 9.59 Å². The fourth-order valence-corrected chi connectivity index (χ4v) is 5.40. The maximum Gasteiger partial charge on any atom is 0.322 e. The zero-order chi connectivity index (χ0) is 26.8. The standard InChI is InChI=1S/C28H39N5O3Si/c1-20-16-25(34)33(14-7-15-36-37(5,6)28(2,3)4)31-26(20)21-8-10-24(11-9-21)30-27(35)32-18-22-12-13-29-17-23(22)19-32/h8-13,17,20H,7,14-16,18-19H2,1-6H3,(H,30,35). The molecular weight excluding hydrogens is 482 g/mol. The topological polar surface area (TPSA) is 87.1 Å². The van der Waals surface area contributed by atoms with E-state index < -0.39 is 8.32 Å². The number of amides is 3. The summed E-state index contributed by atoms with van der Waals surface area (Å²) in [5.41, 5.74) is 4.80. The van der Waals surface area contributed by atoms with Crippen molar-refractivity contribution in [2.24, 2.45) is 11.0 Å². The van der Waals surface area contributed by atoms with Gasteiger partial charge in [-0.3, -0.25) is 9.78 Å². The monoisotopic (exact) mass is 521 g/mol. The molecule has 1 atom stereocenters. The van der Waals surface area contributed by atoms with Crippen molar-refractivity contribution in [3.8, 4) is 0 Å². The Labute approximate surface area is 221 Å². The predicted molar refractivity (Wildman–Crippen MR) is 149 cm³/mol. The number of hydrazone groups is 1. The summed E-state index contributed by atoms with van der Waals surface area (Å²) >= 11 is 0. The molecule has 4 rings (SSSR count). The van der Waals surface area contributed by atoms with Gasteiger partial charge in [0.25, 0.3) is 0 Å². The Hall–Kier alpha value is -3.04. The molecule has 0 bridgehead atoms. The number of nitrogens with zero attached hydrogens (tertiary/aromatic N) is 4. The summed E-state index contributed by atoms with van der Waals surface area (Å²) in [6, 6.07) is 9.52. The Morgan fingerprint density at radius 1 is 1.14 bits per heavy atom. The second-order valence-electron chi connectivity index (χ2n) is 11.6. The third kappa shape index (κ3) is 6.27. The summed E-state index contributed by atoms with van der Waals surface area (Å²) in [6.45, 7) is 15.5. The van der Waals surface area contributed by atoms with Gasteiger partial charge in [-0.15, -0.1) is 0 Å².